The zero-order chi connectivity index (χ0) is 17.7. The Morgan fingerprint density at radius 2 is 1.75 bits per heavy atom. The summed E-state index contributed by atoms with van der Waals surface area (Å²) in [5.41, 5.74) is 2.64. The van der Waals surface area contributed by atoms with Gasteiger partial charge in [-0.15, -0.1) is 0 Å². The van der Waals surface area contributed by atoms with Crippen LogP contribution in [0.3, 0.4) is 0 Å². The average molecular weight is 389 g/mol. The van der Waals surface area contributed by atoms with Crippen LogP contribution in [0.15, 0.2) is 46.9 Å². The van der Waals surface area contributed by atoms with E-state index in [0.717, 1.165) is 22.1 Å². The summed E-state index contributed by atoms with van der Waals surface area (Å²) in [5, 5.41) is 5.78. The minimum absolute atomic E-state index is 0.0976. The van der Waals surface area contributed by atoms with Crippen molar-refractivity contribution < 1.29 is 9.59 Å². The molecule has 0 spiro atoms. The molecule has 0 aromatic heterocycles. The summed E-state index contributed by atoms with van der Waals surface area (Å²) in [6, 6.07) is 12.5. The third-order valence-electron chi connectivity index (χ3n) is 3.81. The number of halogens is 1. The van der Waals surface area contributed by atoms with Crippen LogP contribution >= 0.6 is 15.9 Å². The Morgan fingerprint density at radius 3 is 2.38 bits per heavy atom. The van der Waals surface area contributed by atoms with Crippen molar-refractivity contribution in [2.75, 3.05) is 5.32 Å². The first-order valence-electron chi connectivity index (χ1n) is 7.89. The molecule has 0 aliphatic heterocycles. The van der Waals surface area contributed by atoms with Gasteiger partial charge in [0.05, 0.1) is 0 Å². The second-order valence-corrected chi connectivity index (χ2v) is 6.69. The van der Waals surface area contributed by atoms with Crippen molar-refractivity contribution in [3.63, 3.8) is 0 Å². The van der Waals surface area contributed by atoms with E-state index >= 15 is 0 Å². The number of hydrogen-bond donors (Lipinski definition) is 2. The largest absolute Gasteiger partial charge is 0.350 e. The quantitative estimate of drug-likeness (QED) is 0.789. The van der Waals surface area contributed by atoms with Gasteiger partial charge in [-0.05, 0) is 62.2 Å². The van der Waals surface area contributed by atoms with Gasteiger partial charge in [0.1, 0.15) is 0 Å². The van der Waals surface area contributed by atoms with Crippen LogP contribution in [0, 0.1) is 6.92 Å². The topological polar surface area (TPSA) is 58.2 Å². The highest BCUT2D eigenvalue weighted by molar-refractivity contribution is 9.10. The molecule has 5 heteroatoms. The minimum Gasteiger partial charge on any atom is -0.350 e. The molecule has 4 nitrogen and oxygen atoms in total. The molecule has 0 fully saturated rings. The summed E-state index contributed by atoms with van der Waals surface area (Å²) < 4.78 is 0.960. The van der Waals surface area contributed by atoms with Gasteiger partial charge in [0.25, 0.3) is 11.8 Å². The van der Waals surface area contributed by atoms with E-state index in [1.165, 1.54) is 0 Å². The summed E-state index contributed by atoms with van der Waals surface area (Å²) in [6.45, 7) is 5.89. The maximum absolute atomic E-state index is 12.4. The number of hydrogen-bond acceptors (Lipinski definition) is 2. The first-order valence-corrected chi connectivity index (χ1v) is 8.68. The second kappa shape index (κ2) is 8.11. The van der Waals surface area contributed by atoms with Crippen LogP contribution in [0.25, 0.3) is 0 Å². The number of aryl methyl sites for hydroxylation is 1. The molecule has 0 heterocycles. The van der Waals surface area contributed by atoms with E-state index < -0.39 is 0 Å². The van der Waals surface area contributed by atoms with Gasteiger partial charge < -0.3 is 10.6 Å². The Labute approximate surface area is 150 Å². The standard InChI is InChI=1S/C19H21BrN2O2/c1-4-13(3)21-18(23)14-6-5-7-15(11-14)19(24)22-17-9-8-16(20)10-12(17)2/h5-11,13H,4H2,1-3H3,(H,21,23)(H,22,24). The lowest BCUT2D eigenvalue weighted by molar-refractivity contribution is 0.0939. The smallest absolute Gasteiger partial charge is 0.255 e. The number of benzene rings is 2. The fourth-order valence-electron chi connectivity index (χ4n) is 2.17. The predicted molar refractivity (Wildman–Crippen MR) is 100 cm³/mol. The number of amides is 2. The molecule has 2 rings (SSSR count). The normalized spacial score (nSPS) is 11.7. The molecule has 2 aromatic rings. The molecule has 0 bridgehead atoms. The van der Waals surface area contributed by atoms with Gasteiger partial charge in [-0.25, -0.2) is 0 Å². The third-order valence-corrected chi connectivity index (χ3v) is 4.31. The lowest BCUT2D eigenvalue weighted by Crippen LogP contribution is -2.32. The van der Waals surface area contributed by atoms with Crippen molar-refractivity contribution >= 4 is 33.4 Å². The molecule has 2 N–H and O–H groups in total. The number of carbonyl (C=O) groups is 2. The van der Waals surface area contributed by atoms with E-state index in [0.29, 0.717) is 11.1 Å². The molecule has 1 atom stereocenters. The zero-order valence-electron chi connectivity index (χ0n) is 14.0. The van der Waals surface area contributed by atoms with Crippen molar-refractivity contribution in [1.82, 2.24) is 5.32 Å². The molecule has 2 amide bonds. The van der Waals surface area contributed by atoms with Crippen LogP contribution in [0.5, 0.6) is 0 Å². The molecule has 0 saturated heterocycles. The lowest BCUT2D eigenvalue weighted by Gasteiger charge is -2.12. The molecule has 126 valence electrons. The van der Waals surface area contributed by atoms with Crippen LogP contribution in [0.4, 0.5) is 5.69 Å². The van der Waals surface area contributed by atoms with Crippen molar-refractivity contribution in [3.05, 3.63) is 63.6 Å². The SMILES string of the molecule is CCC(C)NC(=O)c1cccc(C(=O)Nc2ccc(Br)cc2C)c1. The number of nitrogens with one attached hydrogen (secondary N) is 2. The van der Waals surface area contributed by atoms with Gasteiger partial charge in [0.2, 0.25) is 0 Å². The first kappa shape index (κ1) is 18.2. The maximum Gasteiger partial charge on any atom is 0.255 e. The molecule has 0 aliphatic rings. The summed E-state index contributed by atoms with van der Waals surface area (Å²) in [5.74, 6) is -0.405. The Kier molecular flexibility index (Phi) is 6.15. The minimum atomic E-state index is -0.237. The van der Waals surface area contributed by atoms with Gasteiger partial charge in [-0.1, -0.05) is 28.9 Å². The first-order chi connectivity index (χ1) is 11.4. The third kappa shape index (κ3) is 4.68. The van der Waals surface area contributed by atoms with Crippen LogP contribution < -0.4 is 10.6 Å². The molecular weight excluding hydrogens is 368 g/mol. The van der Waals surface area contributed by atoms with Crippen molar-refractivity contribution in [3.8, 4) is 0 Å². The van der Waals surface area contributed by atoms with Gasteiger partial charge in [0, 0.05) is 27.3 Å². The highest BCUT2D eigenvalue weighted by Crippen LogP contribution is 2.20. The summed E-state index contributed by atoms with van der Waals surface area (Å²) in [6.07, 6.45) is 0.856. The summed E-state index contributed by atoms with van der Waals surface area (Å²) in [4.78, 5) is 24.6. The van der Waals surface area contributed by atoms with Crippen molar-refractivity contribution in [2.24, 2.45) is 0 Å². The molecule has 2 aromatic carbocycles. The van der Waals surface area contributed by atoms with Crippen LogP contribution in [-0.2, 0) is 0 Å². The van der Waals surface area contributed by atoms with Crippen molar-refractivity contribution in [1.29, 1.82) is 0 Å². The Bertz CT molecular complexity index is 759. The highest BCUT2D eigenvalue weighted by atomic mass is 79.9. The molecule has 1 unspecified atom stereocenters. The highest BCUT2D eigenvalue weighted by Gasteiger charge is 2.13. The predicted octanol–water partition coefficient (Wildman–Crippen LogP) is 4.54. The Hall–Kier alpha value is -2.14. The van der Waals surface area contributed by atoms with E-state index in [9.17, 15) is 9.59 Å². The number of carbonyl (C=O) groups excluding carboxylic acids is 2. The zero-order valence-corrected chi connectivity index (χ0v) is 15.6. The maximum atomic E-state index is 12.4. The average Bonchev–Trinajstić information content (AvgIpc) is 2.57. The summed E-state index contributed by atoms with van der Waals surface area (Å²) in [7, 11) is 0. The van der Waals surface area contributed by atoms with Gasteiger partial charge in [-0.2, -0.15) is 0 Å². The van der Waals surface area contributed by atoms with E-state index in [1.807, 2.05) is 39.0 Å². The molecule has 0 saturated carbocycles. The van der Waals surface area contributed by atoms with Crippen LogP contribution in [0.1, 0.15) is 46.5 Å². The Morgan fingerprint density at radius 1 is 1.08 bits per heavy atom. The Balaban J connectivity index is 2.15. The fraction of sp³-hybridized carbons (Fsp3) is 0.263. The fourth-order valence-corrected chi connectivity index (χ4v) is 2.65. The van der Waals surface area contributed by atoms with E-state index in [2.05, 4.69) is 26.6 Å². The van der Waals surface area contributed by atoms with E-state index in [-0.39, 0.29) is 17.9 Å². The summed E-state index contributed by atoms with van der Waals surface area (Å²) >= 11 is 3.40. The molecule has 24 heavy (non-hydrogen) atoms. The molecule has 0 aliphatic carbocycles. The van der Waals surface area contributed by atoms with E-state index in [4.69, 9.17) is 0 Å². The van der Waals surface area contributed by atoms with E-state index in [1.54, 1.807) is 24.3 Å². The van der Waals surface area contributed by atoms with Gasteiger partial charge in [0.15, 0.2) is 0 Å². The second-order valence-electron chi connectivity index (χ2n) is 5.78. The molecule has 0 radical (unpaired) electrons. The number of rotatable bonds is 5. The van der Waals surface area contributed by atoms with Crippen LogP contribution in [-0.4, -0.2) is 17.9 Å². The lowest BCUT2D eigenvalue weighted by atomic mass is 10.1. The van der Waals surface area contributed by atoms with Crippen LogP contribution in [0.2, 0.25) is 0 Å². The van der Waals surface area contributed by atoms with Gasteiger partial charge >= 0.3 is 0 Å². The monoisotopic (exact) mass is 388 g/mol. The van der Waals surface area contributed by atoms with Crippen molar-refractivity contribution in [2.45, 2.75) is 33.2 Å². The van der Waals surface area contributed by atoms with Gasteiger partial charge in [-0.3, -0.25) is 9.59 Å². The molecular formula is C19H21BrN2O2. The number of anilines is 1.